The van der Waals surface area contributed by atoms with Gasteiger partial charge in [0.15, 0.2) is 9.84 Å². The van der Waals surface area contributed by atoms with E-state index in [1.807, 2.05) is 27.7 Å². The van der Waals surface area contributed by atoms with Gasteiger partial charge < -0.3 is 26.2 Å². The monoisotopic (exact) mass is 693 g/mol. The number of hydrogen-bond donors (Lipinski definition) is 4. The summed E-state index contributed by atoms with van der Waals surface area (Å²) in [6.45, 7) is 16.8. The fraction of sp³-hybridized carbons (Fsp3) is 0.857. The lowest BCUT2D eigenvalue weighted by Gasteiger charge is -2.41. The minimum atomic E-state index is -3.56. The predicted octanol–water partition coefficient (Wildman–Crippen LogP) is 3.23. The first-order valence-corrected chi connectivity index (χ1v) is 19.5. The molecule has 48 heavy (non-hydrogen) atoms. The van der Waals surface area contributed by atoms with Gasteiger partial charge in [0.2, 0.25) is 17.6 Å². The van der Waals surface area contributed by atoms with E-state index >= 15 is 0 Å². The summed E-state index contributed by atoms with van der Waals surface area (Å²) in [5.41, 5.74) is -1.90. The van der Waals surface area contributed by atoms with E-state index in [4.69, 9.17) is 0 Å². The quantitative estimate of drug-likeness (QED) is 0.227. The number of Topliss-reactive ketones (excluding diaryl/α,β-unsaturated/α-hetero) is 1. The molecule has 0 radical (unpaired) electrons. The Morgan fingerprint density at radius 2 is 1.52 bits per heavy atom. The molecular weight excluding hydrogens is 634 g/mol. The van der Waals surface area contributed by atoms with Crippen molar-refractivity contribution in [1.82, 2.24) is 26.2 Å². The highest BCUT2D eigenvalue weighted by Gasteiger charge is 2.70. The van der Waals surface area contributed by atoms with Crippen molar-refractivity contribution >= 4 is 39.4 Å². The summed E-state index contributed by atoms with van der Waals surface area (Å²) in [5, 5.41) is 11.4. The van der Waals surface area contributed by atoms with Crippen LogP contribution in [0.4, 0.5) is 4.79 Å². The second kappa shape index (κ2) is 13.5. The molecule has 1 heterocycles. The first-order chi connectivity index (χ1) is 22.0. The molecule has 4 rings (SSSR count). The summed E-state index contributed by atoms with van der Waals surface area (Å²) in [7, 11) is -3.56. The van der Waals surface area contributed by atoms with Crippen LogP contribution in [-0.4, -0.2) is 89.6 Å². The number of fused-ring (bicyclic) bond motifs is 1. The van der Waals surface area contributed by atoms with Crippen molar-refractivity contribution in [3.8, 4) is 0 Å². The van der Waals surface area contributed by atoms with Crippen LogP contribution in [0, 0.1) is 22.7 Å². The lowest BCUT2D eigenvalue weighted by atomic mass is 9.83. The third-order valence-electron chi connectivity index (χ3n) is 11.1. The van der Waals surface area contributed by atoms with Gasteiger partial charge in [0.1, 0.15) is 12.1 Å². The number of ketones is 1. The highest BCUT2D eigenvalue weighted by atomic mass is 32.2. The fourth-order valence-corrected chi connectivity index (χ4v) is 9.13. The van der Waals surface area contributed by atoms with E-state index in [1.54, 1.807) is 20.8 Å². The Morgan fingerprint density at radius 1 is 0.917 bits per heavy atom. The number of carbonyl (C=O) groups excluding carboxylic acids is 5. The number of hydrogen-bond acceptors (Lipinski definition) is 7. The summed E-state index contributed by atoms with van der Waals surface area (Å²) in [6, 6.07) is -3.50. The van der Waals surface area contributed by atoms with Crippen LogP contribution in [0.1, 0.15) is 120 Å². The van der Waals surface area contributed by atoms with Crippen molar-refractivity contribution in [3.63, 3.8) is 0 Å². The lowest BCUT2D eigenvalue weighted by Crippen LogP contribution is -2.64. The van der Waals surface area contributed by atoms with E-state index in [1.165, 1.54) is 4.90 Å². The zero-order valence-corrected chi connectivity index (χ0v) is 31.3. The van der Waals surface area contributed by atoms with Crippen LogP contribution in [0.2, 0.25) is 0 Å². The molecule has 0 spiro atoms. The van der Waals surface area contributed by atoms with Crippen molar-refractivity contribution in [2.24, 2.45) is 22.7 Å². The van der Waals surface area contributed by atoms with Crippen molar-refractivity contribution < 1.29 is 32.4 Å². The number of rotatable bonds is 12. The van der Waals surface area contributed by atoms with E-state index in [9.17, 15) is 32.4 Å². The van der Waals surface area contributed by atoms with Gasteiger partial charge in [-0.05, 0) is 75.5 Å². The first-order valence-electron chi connectivity index (χ1n) is 17.8. The Hall–Kier alpha value is -2.70. The molecule has 272 valence electrons. The normalized spacial score (nSPS) is 26.0. The van der Waals surface area contributed by atoms with Crippen LogP contribution in [-0.2, 0) is 29.0 Å². The van der Waals surface area contributed by atoms with Gasteiger partial charge in [-0.25, -0.2) is 13.2 Å². The number of piperidine rings is 1. The molecule has 4 fully saturated rings. The molecule has 0 bridgehead atoms. The maximum Gasteiger partial charge on any atom is 0.315 e. The second-order valence-electron chi connectivity index (χ2n) is 17.5. The van der Waals surface area contributed by atoms with Crippen LogP contribution in [0.3, 0.4) is 0 Å². The predicted molar refractivity (Wildman–Crippen MR) is 184 cm³/mol. The Bertz CT molecular complexity index is 1390. The van der Waals surface area contributed by atoms with Crippen molar-refractivity contribution in [1.29, 1.82) is 0 Å². The van der Waals surface area contributed by atoms with Gasteiger partial charge in [0, 0.05) is 12.6 Å². The largest absolute Gasteiger partial charge is 0.347 e. The Labute approximate surface area is 287 Å². The van der Waals surface area contributed by atoms with Crippen molar-refractivity contribution in [2.75, 3.05) is 12.3 Å². The van der Waals surface area contributed by atoms with Crippen LogP contribution >= 0.6 is 0 Å². The molecule has 4 aliphatic rings. The van der Waals surface area contributed by atoms with Gasteiger partial charge in [0.25, 0.3) is 5.91 Å². The SMILES string of the molecule is CCC[C@H](NC(=O)[C@@H]1[C@@H]2[C@H](CN1C(=O)[C@@H](NC(=O)NC1(CS(=O)(=O)C(C)(C)C)CCCCC1)C(C)(C)C)C2(C)C)C(=O)C(=O)NC1CC1. The Balaban J connectivity index is 1.54. The number of likely N-dealkylation sites (tertiary alicyclic amines) is 1. The molecule has 0 aromatic carbocycles. The number of sulfone groups is 1. The maximum absolute atomic E-state index is 14.4. The third-order valence-corrected chi connectivity index (χ3v) is 13.9. The zero-order chi connectivity index (χ0) is 36.0. The fourth-order valence-electron chi connectivity index (χ4n) is 7.61. The highest BCUT2D eigenvalue weighted by Crippen LogP contribution is 2.65. The summed E-state index contributed by atoms with van der Waals surface area (Å²) in [6.07, 6.45) is 6.10. The summed E-state index contributed by atoms with van der Waals surface area (Å²) in [5.74, 6) is -2.53. The van der Waals surface area contributed by atoms with Gasteiger partial charge in [-0.15, -0.1) is 0 Å². The van der Waals surface area contributed by atoms with Gasteiger partial charge in [-0.1, -0.05) is 67.2 Å². The van der Waals surface area contributed by atoms with Gasteiger partial charge >= 0.3 is 6.03 Å². The van der Waals surface area contributed by atoms with E-state index in [0.29, 0.717) is 32.2 Å². The summed E-state index contributed by atoms with van der Waals surface area (Å²) < 4.78 is 25.6. The molecule has 0 aromatic heterocycles. The van der Waals surface area contributed by atoms with Crippen LogP contribution in [0.5, 0.6) is 0 Å². The van der Waals surface area contributed by atoms with Crippen LogP contribution < -0.4 is 21.3 Å². The number of urea groups is 1. The maximum atomic E-state index is 14.4. The molecule has 12 nitrogen and oxygen atoms in total. The molecule has 5 amide bonds. The molecule has 1 aliphatic heterocycles. The van der Waals surface area contributed by atoms with Crippen molar-refractivity contribution in [2.45, 2.75) is 155 Å². The molecule has 3 aliphatic carbocycles. The smallest absolute Gasteiger partial charge is 0.315 e. The molecule has 5 atom stereocenters. The standard InChI is InChI=1S/C35H59N5O7S/c1-10-14-23(26(41)29(43)36-21-15-16-21)37-28(42)25-24-22(34(24,8)9)19-40(25)30(44)27(32(2,3)4)38-31(45)39-35(17-12-11-13-18-35)20-48(46,47)33(5,6)7/h21-25,27H,10-20H2,1-9H3,(H,36,43)(H,37,42)(H2,38,39,45)/t22-,23-,24-,25-,27+/m0/s1. The number of nitrogens with zero attached hydrogens (tertiary/aromatic N) is 1. The first kappa shape index (κ1) is 38.1. The average Bonchev–Trinajstić information content (AvgIpc) is 3.81. The molecule has 1 saturated heterocycles. The van der Waals surface area contributed by atoms with E-state index in [-0.39, 0.29) is 29.0 Å². The Morgan fingerprint density at radius 3 is 2.04 bits per heavy atom. The lowest BCUT2D eigenvalue weighted by molar-refractivity contribution is -0.145. The van der Waals surface area contributed by atoms with E-state index in [2.05, 4.69) is 35.1 Å². The van der Waals surface area contributed by atoms with Crippen LogP contribution in [0.25, 0.3) is 0 Å². The molecule has 13 heteroatoms. The van der Waals surface area contributed by atoms with E-state index < -0.39 is 73.2 Å². The molecule has 4 N–H and O–H groups in total. The molecule has 0 unspecified atom stereocenters. The van der Waals surface area contributed by atoms with Crippen LogP contribution in [0.15, 0.2) is 0 Å². The van der Waals surface area contributed by atoms with Gasteiger partial charge in [0.05, 0.1) is 22.1 Å². The number of nitrogens with one attached hydrogen (secondary N) is 4. The zero-order valence-electron chi connectivity index (χ0n) is 30.5. The highest BCUT2D eigenvalue weighted by molar-refractivity contribution is 7.92. The molecular formula is C35H59N5O7S. The van der Waals surface area contributed by atoms with Gasteiger partial charge in [-0.3, -0.25) is 19.2 Å². The summed E-state index contributed by atoms with van der Waals surface area (Å²) in [4.78, 5) is 69.3. The van der Waals surface area contributed by atoms with Crippen molar-refractivity contribution in [3.05, 3.63) is 0 Å². The second-order valence-corrected chi connectivity index (χ2v) is 20.2. The third kappa shape index (κ3) is 8.18. The van der Waals surface area contributed by atoms with Gasteiger partial charge in [-0.2, -0.15) is 0 Å². The number of amides is 5. The number of carbonyl (C=O) groups is 5. The summed E-state index contributed by atoms with van der Waals surface area (Å²) >= 11 is 0. The average molecular weight is 694 g/mol. The minimum Gasteiger partial charge on any atom is -0.347 e. The molecule has 0 aromatic rings. The topological polar surface area (TPSA) is 171 Å². The van der Waals surface area contributed by atoms with E-state index in [0.717, 1.165) is 32.1 Å². The Kier molecular flexibility index (Phi) is 10.8. The molecule has 3 saturated carbocycles. The minimum absolute atomic E-state index is 0.00492.